The number of rotatable bonds is 6. The Morgan fingerprint density at radius 2 is 1.70 bits per heavy atom. The summed E-state index contributed by atoms with van der Waals surface area (Å²) in [4.78, 5) is 38.8. The monoisotopic (exact) mass is 450 g/mol. The topological polar surface area (TPSA) is 95.9 Å². The molecule has 7 nitrogen and oxygen atoms in total. The fraction of sp³-hybridized carbons (Fsp3) is 0.423. The van der Waals surface area contributed by atoms with E-state index in [1.807, 2.05) is 50.2 Å². The van der Waals surface area contributed by atoms with Crippen LogP contribution in [0.25, 0.3) is 11.1 Å². The van der Waals surface area contributed by atoms with Gasteiger partial charge < -0.3 is 20.1 Å². The van der Waals surface area contributed by atoms with Crippen molar-refractivity contribution >= 4 is 18.0 Å². The van der Waals surface area contributed by atoms with Crippen molar-refractivity contribution in [3.05, 3.63) is 59.7 Å². The Morgan fingerprint density at radius 1 is 1.12 bits per heavy atom. The first kappa shape index (κ1) is 22.8. The quantitative estimate of drug-likeness (QED) is 0.697. The van der Waals surface area contributed by atoms with E-state index in [4.69, 9.17) is 4.74 Å². The highest BCUT2D eigenvalue weighted by Crippen LogP contribution is 2.44. The molecule has 1 unspecified atom stereocenters. The molecule has 3 atom stereocenters. The standard InChI is InChI=1S/C26H30N2O5/c1-4-22(23(29)28-13-16(2)26(3,15-28)24(30)31)27-25(32)33-14-21-19-11-7-5-9-17(19)18-10-6-8-12-20(18)21/h5-12,16,21-22H,4,13-15H2,1-3H3,(H,27,32)(H,30,31)/t16-,22?,26-/m1/s1. The van der Waals surface area contributed by atoms with Gasteiger partial charge in [-0.2, -0.15) is 0 Å². The molecular formula is C26H30N2O5. The van der Waals surface area contributed by atoms with Crippen molar-refractivity contribution in [2.24, 2.45) is 11.3 Å². The van der Waals surface area contributed by atoms with Crippen LogP contribution in [0.2, 0.25) is 0 Å². The summed E-state index contributed by atoms with van der Waals surface area (Å²) < 4.78 is 5.57. The van der Waals surface area contributed by atoms with Gasteiger partial charge in [0.2, 0.25) is 5.91 Å². The molecular weight excluding hydrogens is 420 g/mol. The Bertz CT molecular complexity index is 1040. The lowest BCUT2D eigenvalue weighted by molar-refractivity contribution is -0.149. The predicted octanol–water partition coefficient (Wildman–Crippen LogP) is 3.87. The lowest BCUT2D eigenvalue weighted by Gasteiger charge is -2.25. The average Bonchev–Trinajstić information content (AvgIpc) is 3.30. The summed E-state index contributed by atoms with van der Waals surface area (Å²) in [7, 11) is 0. The van der Waals surface area contributed by atoms with Crippen LogP contribution in [0.15, 0.2) is 48.5 Å². The number of amides is 2. The smallest absolute Gasteiger partial charge is 0.407 e. The van der Waals surface area contributed by atoms with Crippen LogP contribution in [0.1, 0.15) is 44.2 Å². The molecule has 0 spiro atoms. The summed E-state index contributed by atoms with van der Waals surface area (Å²) in [6.07, 6.45) is -0.261. The molecule has 1 fully saturated rings. The van der Waals surface area contributed by atoms with Gasteiger partial charge in [0.05, 0.1) is 5.41 Å². The minimum Gasteiger partial charge on any atom is -0.481 e. The van der Waals surface area contributed by atoms with E-state index in [-0.39, 0.29) is 30.9 Å². The fourth-order valence-corrected chi connectivity index (χ4v) is 4.94. The zero-order chi connectivity index (χ0) is 23.8. The summed E-state index contributed by atoms with van der Waals surface area (Å²) in [5.41, 5.74) is 3.54. The molecule has 2 aromatic carbocycles. The Morgan fingerprint density at radius 3 is 2.21 bits per heavy atom. The van der Waals surface area contributed by atoms with E-state index in [1.54, 1.807) is 6.92 Å². The van der Waals surface area contributed by atoms with Gasteiger partial charge in [-0.3, -0.25) is 9.59 Å². The predicted molar refractivity (Wildman–Crippen MR) is 124 cm³/mol. The number of benzene rings is 2. The van der Waals surface area contributed by atoms with Crippen LogP contribution in [0.4, 0.5) is 4.79 Å². The molecule has 0 bridgehead atoms. The van der Waals surface area contributed by atoms with E-state index in [1.165, 1.54) is 4.90 Å². The molecule has 33 heavy (non-hydrogen) atoms. The Hall–Kier alpha value is -3.35. The number of hydrogen-bond donors (Lipinski definition) is 2. The number of likely N-dealkylation sites (tertiary alicyclic amines) is 1. The number of carbonyl (C=O) groups excluding carboxylic acids is 2. The number of nitrogens with one attached hydrogen (secondary N) is 1. The third-order valence-corrected chi connectivity index (χ3v) is 7.24. The van der Waals surface area contributed by atoms with Crippen LogP contribution < -0.4 is 5.32 Å². The number of hydrogen-bond acceptors (Lipinski definition) is 4. The van der Waals surface area contributed by atoms with Crippen LogP contribution in [-0.2, 0) is 14.3 Å². The number of ether oxygens (including phenoxy) is 1. The van der Waals surface area contributed by atoms with Crippen molar-refractivity contribution in [1.29, 1.82) is 0 Å². The number of fused-ring (bicyclic) bond motifs is 3. The van der Waals surface area contributed by atoms with Gasteiger partial charge in [-0.25, -0.2) is 4.79 Å². The number of aliphatic carboxylic acids is 1. The van der Waals surface area contributed by atoms with Crippen LogP contribution in [0.5, 0.6) is 0 Å². The van der Waals surface area contributed by atoms with Crippen LogP contribution in [0, 0.1) is 11.3 Å². The largest absolute Gasteiger partial charge is 0.481 e. The summed E-state index contributed by atoms with van der Waals surface area (Å²) in [6, 6.07) is 15.4. The molecule has 1 heterocycles. The Balaban J connectivity index is 1.40. The second-order valence-electron chi connectivity index (χ2n) is 9.27. The molecule has 0 radical (unpaired) electrons. The number of carboxylic acids is 1. The van der Waals surface area contributed by atoms with Crippen LogP contribution >= 0.6 is 0 Å². The summed E-state index contributed by atoms with van der Waals surface area (Å²) in [5.74, 6) is -1.42. The highest BCUT2D eigenvalue weighted by molar-refractivity contribution is 5.87. The average molecular weight is 451 g/mol. The summed E-state index contributed by atoms with van der Waals surface area (Å²) in [5, 5.41) is 12.3. The van der Waals surface area contributed by atoms with Crippen molar-refractivity contribution in [3.8, 4) is 11.1 Å². The SMILES string of the molecule is CCC(NC(=O)OCC1c2ccccc2-c2ccccc21)C(=O)N1C[C@@H](C)[C@](C)(C(=O)O)C1. The van der Waals surface area contributed by atoms with E-state index in [2.05, 4.69) is 17.4 Å². The Labute approximate surface area is 193 Å². The lowest BCUT2D eigenvalue weighted by Crippen LogP contribution is -2.48. The van der Waals surface area contributed by atoms with E-state index in [9.17, 15) is 19.5 Å². The first-order valence-corrected chi connectivity index (χ1v) is 11.4. The second kappa shape index (κ2) is 8.89. The molecule has 2 aromatic rings. The zero-order valence-corrected chi connectivity index (χ0v) is 19.2. The number of alkyl carbamates (subject to hydrolysis) is 1. The van der Waals surface area contributed by atoms with Crippen molar-refractivity contribution in [3.63, 3.8) is 0 Å². The molecule has 2 N–H and O–H groups in total. The van der Waals surface area contributed by atoms with Crippen LogP contribution in [-0.4, -0.2) is 53.7 Å². The van der Waals surface area contributed by atoms with E-state index in [0.717, 1.165) is 22.3 Å². The van der Waals surface area contributed by atoms with E-state index in [0.29, 0.717) is 13.0 Å². The van der Waals surface area contributed by atoms with Crippen molar-refractivity contribution in [2.45, 2.75) is 39.2 Å². The Kier molecular flexibility index (Phi) is 6.15. The first-order valence-electron chi connectivity index (χ1n) is 11.4. The van der Waals surface area contributed by atoms with Gasteiger partial charge in [-0.05, 0) is 41.5 Å². The molecule has 0 saturated carbocycles. The van der Waals surface area contributed by atoms with E-state index < -0.39 is 23.5 Å². The highest BCUT2D eigenvalue weighted by atomic mass is 16.5. The van der Waals surface area contributed by atoms with Gasteiger partial charge in [-0.15, -0.1) is 0 Å². The van der Waals surface area contributed by atoms with Gasteiger partial charge in [0.15, 0.2) is 0 Å². The molecule has 2 amide bonds. The second-order valence-corrected chi connectivity index (χ2v) is 9.27. The van der Waals surface area contributed by atoms with Crippen molar-refractivity contribution in [1.82, 2.24) is 10.2 Å². The van der Waals surface area contributed by atoms with Gasteiger partial charge in [-0.1, -0.05) is 62.4 Å². The maximum atomic E-state index is 13.0. The van der Waals surface area contributed by atoms with Crippen molar-refractivity contribution < 1.29 is 24.2 Å². The summed E-state index contributed by atoms with van der Waals surface area (Å²) >= 11 is 0. The summed E-state index contributed by atoms with van der Waals surface area (Å²) in [6.45, 7) is 5.95. The maximum absolute atomic E-state index is 13.0. The van der Waals surface area contributed by atoms with Gasteiger partial charge in [0, 0.05) is 19.0 Å². The number of carboxylic acid groups (broad SMARTS) is 1. The molecule has 0 aromatic heterocycles. The minimum absolute atomic E-state index is 0.0605. The van der Waals surface area contributed by atoms with Gasteiger partial charge >= 0.3 is 12.1 Å². The lowest BCUT2D eigenvalue weighted by atomic mass is 9.81. The third kappa shape index (κ3) is 4.08. The molecule has 1 saturated heterocycles. The molecule has 174 valence electrons. The first-order chi connectivity index (χ1) is 15.8. The molecule has 4 rings (SSSR count). The minimum atomic E-state index is -0.988. The fourth-order valence-electron chi connectivity index (χ4n) is 4.94. The molecule has 7 heteroatoms. The normalized spacial score (nSPS) is 22.4. The van der Waals surface area contributed by atoms with Crippen molar-refractivity contribution in [2.75, 3.05) is 19.7 Å². The molecule has 2 aliphatic rings. The highest BCUT2D eigenvalue weighted by Gasteiger charge is 2.48. The third-order valence-electron chi connectivity index (χ3n) is 7.24. The van der Waals surface area contributed by atoms with Crippen LogP contribution in [0.3, 0.4) is 0 Å². The van der Waals surface area contributed by atoms with Gasteiger partial charge in [0.25, 0.3) is 0 Å². The number of carbonyl (C=O) groups is 3. The number of nitrogens with zero attached hydrogens (tertiary/aromatic N) is 1. The van der Waals surface area contributed by atoms with E-state index >= 15 is 0 Å². The van der Waals surface area contributed by atoms with Gasteiger partial charge in [0.1, 0.15) is 12.6 Å². The molecule has 1 aliphatic heterocycles. The zero-order valence-electron chi connectivity index (χ0n) is 19.2. The maximum Gasteiger partial charge on any atom is 0.407 e. The molecule has 1 aliphatic carbocycles.